The van der Waals surface area contributed by atoms with Crippen LogP contribution in [0.3, 0.4) is 0 Å². The van der Waals surface area contributed by atoms with Crippen LogP contribution in [0.5, 0.6) is 11.5 Å². The van der Waals surface area contributed by atoms with Crippen molar-refractivity contribution in [3.05, 3.63) is 56.9 Å². The van der Waals surface area contributed by atoms with Crippen molar-refractivity contribution in [2.45, 2.75) is 33.3 Å². The van der Waals surface area contributed by atoms with Crippen LogP contribution in [0.4, 0.5) is 10.5 Å². The number of anilines is 1. The number of halogens is 2. The molecule has 2 N–H and O–H groups in total. The van der Waals surface area contributed by atoms with E-state index in [0.29, 0.717) is 38.7 Å². The Morgan fingerprint density at radius 1 is 1.18 bits per heavy atom. The zero-order valence-electron chi connectivity index (χ0n) is 18.7. The molecular weight excluding hydrogens is 517 g/mol. The minimum Gasteiger partial charge on any atom is -0.490 e. The third-order valence-corrected chi connectivity index (χ3v) is 6.69. The largest absolute Gasteiger partial charge is 0.490 e. The van der Waals surface area contributed by atoms with Gasteiger partial charge in [-0.25, -0.2) is 10.2 Å². The molecule has 1 saturated heterocycles. The molecule has 11 heteroatoms. The average Bonchev–Trinajstić information content (AvgIpc) is 3.05. The van der Waals surface area contributed by atoms with Crippen molar-refractivity contribution in [3.8, 4) is 11.5 Å². The molecule has 0 radical (unpaired) electrons. The number of thioether (sulfide) groups is 1. The Bertz CT molecular complexity index is 1140. The first-order valence-electron chi connectivity index (χ1n) is 10.5. The maximum absolute atomic E-state index is 12.9. The number of carbonyl (C=O) groups excluding carboxylic acids is 2. The summed E-state index contributed by atoms with van der Waals surface area (Å²) in [6.45, 7) is 6.39. The Morgan fingerprint density at radius 3 is 2.62 bits per heavy atom. The molecule has 0 bridgehead atoms. The number of benzene rings is 2. The van der Waals surface area contributed by atoms with Crippen molar-refractivity contribution in [1.29, 1.82) is 0 Å². The number of nitrogens with one attached hydrogen (secondary N) is 2. The van der Waals surface area contributed by atoms with Crippen molar-refractivity contribution in [2.75, 3.05) is 11.9 Å². The number of amides is 3. The summed E-state index contributed by atoms with van der Waals surface area (Å²) in [5.41, 5.74) is 3.61. The van der Waals surface area contributed by atoms with Gasteiger partial charge in [0.15, 0.2) is 15.8 Å². The maximum Gasteiger partial charge on any atom is 0.338 e. The normalized spacial score (nSPS) is 15.4. The molecule has 0 unspecified atom stereocenters. The van der Waals surface area contributed by atoms with Crippen LogP contribution in [0.1, 0.15) is 32.8 Å². The van der Waals surface area contributed by atoms with Gasteiger partial charge in [-0.2, -0.15) is 5.01 Å². The lowest BCUT2D eigenvalue weighted by molar-refractivity contribution is -0.123. The third-order valence-electron chi connectivity index (χ3n) is 4.65. The Morgan fingerprint density at radius 2 is 1.94 bits per heavy atom. The number of hydrogen-bond donors (Lipinski definition) is 2. The molecule has 1 aliphatic heterocycles. The quantitative estimate of drug-likeness (QED) is 0.294. The number of carbonyl (C=O) groups is 2. The number of ether oxygens (including phenoxy) is 2. The van der Waals surface area contributed by atoms with Gasteiger partial charge in [-0.1, -0.05) is 48.0 Å². The molecule has 2 aromatic rings. The molecule has 180 valence electrons. The molecular formula is C23H23Cl2N3O4S2. The Balaban J connectivity index is 1.72. The second kappa shape index (κ2) is 11.8. The molecule has 3 rings (SSSR count). The average molecular weight is 540 g/mol. The number of thiocarbonyl (C=S) groups is 1. The molecule has 1 aliphatic rings. The Labute approximate surface area is 217 Å². The summed E-state index contributed by atoms with van der Waals surface area (Å²) in [6.07, 6.45) is 2.59. The molecule has 1 fully saturated rings. The van der Waals surface area contributed by atoms with Crippen LogP contribution < -0.4 is 20.2 Å². The summed E-state index contributed by atoms with van der Waals surface area (Å²) < 4.78 is 11.8. The molecule has 34 heavy (non-hydrogen) atoms. The lowest BCUT2D eigenvalue weighted by Gasteiger charge is -2.17. The lowest BCUT2D eigenvalue weighted by atomic mass is 10.1. The van der Waals surface area contributed by atoms with E-state index >= 15 is 0 Å². The summed E-state index contributed by atoms with van der Waals surface area (Å²) in [5.74, 6) is 0.782. The highest BCUT2D eigenvalue weighted by Crippen LogP contribution is 2.35. The zero-order valence-corrected chi connectivity index (χ0v) is 21.8. The SMILES string of the molecule is CCOc1cc(/C=C2/SC(=S)N(NC(=O)Nc3ccc(Cl)c(Cl)c3)C2=O)ccc1O[C@H](C)CC. The van der Waals surface area contributed by atoms with E-state index in [1.165, 1.54) is 6.07 Å². The van der Waals surface area contributed by atoms with Crippen LogP contribution in [0.2, 0.25) is 10.0 Å². The minimum absolute atomic E-state index is 0.0439. The maximum atomic E-state index is 12.9. The molecule has 2 aromatic carbocycles. The van der Waals surface area contributed by atoms with E-state index in [1.54, 1.807) is 24.3 Å². The van der Waals surface area contributed by atoms with Gasteiger partial charge < -0.3 is 14.8 Å². The molecule has 3 amide bonds. The van der Waals surface area contributed by atoms with Crippen molar-refractivity contribution in [2.24, 2.45) is 0 Å². The Kier molecular flexibility index (Phi) is 9.07. The van der Waals surface area contributed by atoms with E-state index < -0.39 is 11.9 Å². The first-order chi connectivity index (χ1) is 16.2. The highest BCUT2D eigenvalue weighted by molar-refractivity contribution is 8.26. The highest BCUT2D eigenvalue weighted by atomic mass is 35.5. The van der Waals surface area contributed by atoms with Crippen LogP contribution in [-0.4, -0.2) is 34.0 Å². The molecule has 1 atom stereocenters. The summed E-state index contributed by atoms with van der Waals surface area (Å²) in [6, 6.07) is 9.43. The summed E-state index contributed by atoms with van der Waals surface area (Å²) in [5, 5.41) is 4.26. The predicted molar refractivity (Wildman–Crippen MR) is 142 cm³/mol. The third kappa shape index (κ3) is 6.56. The molecule has 0 saturated carbocycles. The van der Waals surface area contributed by atoms with E-state index in [0.717, 1.165) is 28.8 Å². The van der Waals surface area contributed by atoms with Gasteiger partial charge in [0.1, 0.15) is 0 Å². The van der Waals surface area contributed by atoms with Crippen LogP contribution in [0.15, 0.2) is 41.3 Å². The molecule has 0 spiro atoms. The summed E-state index contributed by atoms with van der Waals surface area (Å²) in [4.78, 5) is 25.6. The smallest absolute Gasteiger partial charge is 0.338 e. The topological polar surface area (TPSA) is 79.9 Å². The molecule has 1 heterocycles. The van der Waals surface area contributed by atoms with Gasteiger partial charge in [0.05, 0.1) is 27.7 Å². The van der Waals surface area contributed by atoms with Gasteiger partial charge in [0, 0.05) is 5.69 Å². The number of rotatable bonds is 8. The van der Waals surface area contributed by atoms with Gasteiger partial charge in [-0.15, -0.1) is 0 Å². The predicted octanol–water partition coefficient (Wildman–Crippen LogP) is 6.51. The van der Waals surface area contributed by atoms with E-state index in [-0.39, 0.29) is 10.4 Å². The van der Waals surface area contributed by atoms with Crippen molar-refractivity contribution in [3.63, 3.8) is 0 Å². The first kappa shape index (κ1) is 26.2. The summed E-state index contributed by atoms with van der Waals surface area (Å²) in [7, 11) is 0. The number of urea groups is 1. The fourth-order valence-electron chi connectivity index (χ4n) is 2.83. The minimum atomic E-state index is -0.652. The molecule has 7 nitrogen and oxygen atoms in total. The monoisotopic (exact) mass is 539 g/mol. The molecule has 0 aromatic heterocycles. The van der Waals surface area contributed by atoms with Crippen LogP contribution in [0.25, 0.3) is 6.08 Å². The standard InChI is InChI=1S/C23H23Cl2N3O4S2/c1-4-13(3)32-18-9-6-14(10-19(18)31-5-2)11-20-21(29)28(23(33)34-20)27-22(30)26-15-7-8-16(24)17(25)12-15/h6-13H,4-5H2,1-3H3,(H2,26,27,30)/b20-11+/t13-/m1/s1. The number of hydrazine groups is 1. The van der Waals surface area contributed by atoms with Gasteiger partial charge in [-0.3, -0.25) is 4.79 Å². The van der Waals surface area contributed by atoms with E-state index in [1.807, 2.05) is 32.9 Å². The Hall–Kier alpha value is -2.46. The van der Waals surface area contributed by atoms with Gasteiger partial charge in [0.25, 0.3) is 5.91 Å². The lowest BCUT2D eigenvalue weighted by Crippen LogP contribution is -2.46. The summed E-state index contributed by atoms with van der Waals surface area (Å²) >= 11 is 18.2. The second-order valence-corrected chi connectivity index (χ2v) is 9.68. The van der Waals surface area contributed by atoms with Gasteiger partial charge in [0.2, 0.25) is 0 Å². The second-order valence-electron chi connectivity index (χ2n) is 7.19. The first-order valence-corrected chi connectivity index (χ1v) is 12.4. The number of hydrogen-bond acceptors (Lipinski definition) is 6. The highest BCUT2D eigenvalue weighted by Gasteiger charge is 2.33. The zero-order chi connectivity index (χ0) is 24.8. The van der Waals surface area contributed by atoms with Crippen molar-refractivity contribution in [1.82, 2.24) is 10.4 Å². The van der Waals surface area contributed by atoms with Crippen LogP contribution in [-0.2, 0) is 4.79 Å². The van der Waals surface area contributed by atoms with E-state index in [2.05, 4.69) is 10.7 Å². The fourth-order valence-corrected chi connectivity index (χ4v) is 4.31. The van der Waals surface area contributed by atoms with Crippen molar-refractivity contribution < 1.29 is 19.1 Å². The number of nitrogens with zero attached hydrogens (tertiary/aromatic N) is 1. The van der Waals surface area contributed by atoms with E-state index in [9.17, 15) is 9.59 Å². The molecule has 0 aliphatic carbocycles. The van der Waals surface area contributed by atoms with Crippen LogP contribution >= 0.6 is 47.2 Å². The van der Waals surface area contributed by atoms with Crippen molar-refractivity contribution >= 4 is 75.2 Å². The van der Waals surface area contributed by atoms with E-state index in [4.69, 9.17) is 44.9 Å². The fraction of sp³-hybridized carbons (Fsp3) is 0.261. The van der Waals surface area contributed by atoms with Crippen LogP contribution in [0, 0.1) is 0 Å². The van der Waals surface area contributed by atoms with Gasteiger partial charge >= 0.3 is 6.03 Å². The van der Waals surface area contributed by atoms with Gasteiger partial charge in [-0.05, 0) is 74.5 Å².